The van der Waals surface area contributed by atoms with E-state index in [0.29, 0.717) is 6.54 Å². The summed E-state index contributed by atoms with van der Waals surface area (Å²) in [5.74, 6) is 0.0788. The minimum absolute atomic E-state index is 0.0788. The number of nitrogens with zero attached hydrogens (tertiary/aromatic N) is 2. The first kappa shape index (κ1) is 14.0. The largest absolute Gasteiger partial charge is 0.325 e. The first-order valence-corrected chi connectivity index (χ1v) is 7.07. The molecule has 104 valence electrons. The molecule has 1 N–H and O–H groups in total. The standard InChI is InChI=1S/C15H23N3O/c1-2-8-17-9-11-18(12-10-17)13-15(19)16-14-6-4-3-5-7-14/h3-7H,2,8-13H2,1H3,(H,16,19). The van der Waals surface area contributed by atoms with Gasteiger partial charge in [0.25, 0.3) is 0 Å². The number of amides is 1. The first-order chi connectivity index (χ1) is 9.28. The molecule has 0 spiro atoms. The Bertz CT molecular complexity index is 386. The summed E-state index contributed by atoms with van der Waals surface area (Å²) in [6, 6.07) is 9.63. The highest BCUT2D eigenvalue weighted by molar-refractivity contribution is 5.92. The Morgan fingerprint density at radius 1 is 1.11 bits per heavy atom. The number of nitrogens with one attached hydrogen (secondary N) is 1. The quantitative estimate of drug-likeness (QED) is 0.875. The van der Waals surface area contributed by atoms with E-state index in [-0.39, 0.29) is 5.91 Å². The Kier molecular flexibility index (Phi) is 5.36. The highest BCUT2D eigenvalue weighted by atomic mass is 16.2. The van der Waals surface area contributed by atoms with Crippen molar-refractivity contribution in [3.8, 4) is 0 Å². The van der Waals surface area contributed by atoms with Crippen LogP contribution in [0.15, 0.2) is 30.3 Å². The van der Waals surface area contributed by atoms with Gasteiger partial charge >= 0.3 is 0 Å². The third kappa shape index (κ3) is 4.65. The van der Waals surface area contributed by atoms with Gasteiger partial charge in [-0.15, -0.1) is 0 Å². The van der Waals surface area contributed by atoms with Crippen molar-refractivity contribution in [1.29, 1.82) is 0 Å². The highest BCUT2D eigenvalue weighted by Crippen LogP contribution is 2.06. The van der Waals surface area contributed by atoms with Crippen molar-refractivity contribution in [3.05, 3.63) is 30.3 Å². The molecule has 0 unspecified atom stereocenters. The Balaban J connectivity index is 1.72. The lowest BCUT2D eigenvalue weighted by Gasteiger charge is -2.34. The molecule has 0 atom stereocenters. The number of piperazine rings is 1. The van der Waals surface area contributed by atoms with Crippen molar-refractivity contribution >= 4 is 11.6 Å². The zero-order valence-electron chi connectivity index (χ0n) is 11.6. The summed E-state index contributed by atoms with van der Waals surface area (Å²) in [5, 5.41) is 2.93. The molecular formula is C15H23N3O. The molecule has 19 heavy (non-hydrogen) atoms. The lowest BCUT2D eigenvalue weighted by atomic mass is 10.3. The van der Waals surface area contributed by atoms with Crippen LogP contribution in [0.3, 0.4) is 0 Å². The van der Waals surface area contributed by atoms with Crippen LogP contribution >= 0.6 is 0 Å². The summed E-state index contributed by atoms with van der Waals surface area (Å²) in [5.41, 5.74) is 0.872. The number of hydrogen-bond donors (Lipinski definition) is 1. The molecule has 1 saturated heterocycles. The maximum absolute atomic E-state index is 11.9. The second-order valence-corrected chi connectivity index (χ2v) is 5.03. The molecule has 0 saturated carbocycles. The molecule has 0 aliphatic carbocycles. The Hall–Kier alpha value is -1.39. The average Bonchev–Trinajstić information content (AvgIpc) is 2.42. The summed E-state index contributed by atoms with van der Waals surface area (Å²) in [6.45, 7) is 8.00. The van der Waals surface area contributed by atoms with Gasteiger partial charge in [-0.3, -0.25) is 9.69 Å². The second kappa shape index (κ2) is 7.26. The maximum Gasteiger partial charge on any atom is 0.238 e. The number of benzene rings is 1. The van der Waals surface area contributed by atoms with Gasteiger partial charge in [-0.05, 0) is 25.1 Å². The smallest absolute Gasteiger partial charge is 0.238 e. The van der Waals surface area contributed by atoms with Crippen molar-refractivity contribution in [3.63, 3.8) is 0 Å². The maximum atomic E-state index is 11.9. The topological polar surface area (TPSA) is 35.6 Å². The Morgan fingerprint density at radius 2 is 1.74 bits per heavy atom. The molecule has 0 aromatic heterocycles. The fourth-order valence-electron chi connectivity index (χ4n) is 2.41. The third-order valence-electron chi connectivity index (χ3n) is 3.43. The molecule has 1 aliphatic rings. The van der Waals surface area contributed by atoms with Crippen molar-refractivity contribution in [2.45, 2.75) is 13.3 Å². The summed E-state index contributed by atoms with van der Waals surface area (Å²) in [6.07, 6.45) is 1.20. The first-order valence-electron chi connectivity index (χ1n) is 7.07. The fraction of sp³-hybridized carbons (Fsp3) is 0.533. The lowest BCUT2D eigenvalue weighted by Crippen LogP contribution is -2.48. The third-order valence-corrected chi connectivity index (χ3v) is 3.43. The fourth-order valence-corrected chi connectivity index (χ4v) is 2.41. The van der Waals surface area contributed by atoms with E-state index in [2.05, 4.69) is 22.0 Å². The predicted molar refractivity (Wildman–Crippen MR) is 78.2 cm³/mol. The summed E-state index contributed by atoms with van der Waals surface area (Å²) < 4.78 is 0. The van der Waals surface area contributed by atoms with Gasteiger partial charge < -0.3 is 10.2 Å². The average molecular weight is 261 g/mol. The van der Waals surface area contributed by atoms with Crippen LogP contribution in [-0.4, -0.2) is 55.0 Å². The van der Waals surface area contributed by atoms with E-state index in [1.807, 2.05) is 30.3 Å². The number of rotatable bonds is 5. The zero-order valence-corrected chi connectivity index (χ0v) is 11.6. The van der Waals surface area contributed by atoms with Crippen LogP contribution in [0.2, 0.25) is 0 Å². The number of carbonyl (C=O) groups excluding carboxylic acids is 1. The van der Waals surface area contributed by atoms with Gasteiger partial charge in [0, 0.05) is 31.9 Å². The summed E-state index contributed by atoms with van der Waals surface area (Å²) in [7, 11) is 0. The van der Waals surface area contributed by atoms with Crippen LogP contribution in [0, 0.1) is 0 Å². The molecule has 4 heteroatoms. The van der Waals surface area contributed by atoms with Gasteiger partial charge in [-0.25, -0.2) is 0 Å². The molecule has 2 rings (SSSR count). The molecule has 1 heterocycles. The normalized spacial score (nSPS) is 17.3. The number of para-hydroxylation sites is 1. The van der Waals surface area contributed by atoms with Gasteiger partial charge in [0.1, 0.15) is 0 Å². The highest BCUT2D eigenvalue weighted by Gasteiger charge is 2.18. The molecule has 1 aromatic rings. The predicted octanol–water partition coefficient (Wildman–Crippen LogP) is 1.65. The molecular weight excluding hydrogens is 238 g/mol. The van der Waals surface area contributed by atoms with E-state index < -0.39 is 0 Å². The molecule has 4 nitrogen and oxygen atoms in total. The minimum atomic E-state index is 0.0788. The minimum Gasteiger partial charge on any atom is -0.325 e. The lowest BCUT2D eigenvalue weighted by molar-refractivity contribution is -0.117. The van der Waals surface area contributed by atoms with E-state index in [0.717, 1.165) is 31.9 Å². The van der Waals surface area contributed by atoms with Crippen molar-refractivity contribution < 1.29 is 4.79 Å². The van der Waals surface area contributed by atoms with E-state index in [1.165, 1.54) is 13.0 Å². The van der Waals surface area contributed by atoms with Gasteiger partial charge in [0.2, 0.25) is 5.91 Å². The summed E-state index contributed by atoms with van der Waals surface area (Å²) in [4.78, 5) is 16.6. The van der Waals surface area contributed by atoms with E-state index in [4.69, 9.17) is 0 Å². The zero-order chi connectivity index (χ0) is 13.5. The van der Waals surface area contributed by atoms with E-state index in [1.54, 1.807) is 0 Å². The van der Waals surface area contributed by atoms with Crippen LogP contribution in [-0.2, 0) is 4.79 Å². The molecule has 0 radical (unpaired) electrons. The SMILES string of the molecule is CCCN1CCN(CC(=O)Nc2ccccc2)CC1. The van der Waals surface area contributed by atoms with Gasteiger partial charge in [-0.2, -0.15) is 0 Å². The van der Waals surface area contributed by atoms with E-state index in [9.17, 15) is 4.79 Å². The van der Waals surface area contributed by atoms with Gasteiger partial charge in [-0.1, -0.05) is 25.1 Å². The molecule has 1 aliphatic heterocycles. The molecule has 0 bridgehead atoms. The molecule has 1 amide bonds. The van der Waals surface area contributed by atoms with Crippen LogP contribution in [0.4, 0.5) is 5.69 Å². The Morgan fingerprint density at radius 3 is 2.37 bits per heavy atom. The molecule has 1 fully saturated rings. The van der Waals surface area contributed by atoms with Gasteiger partial charge in [0.15, 0.2) is 0 Å². The second-order valence-electron chi connectivity index (χ2n) is 5.03. The molecule has 1 aromatic carbocycles. The van der Waals surface area contributed by atoms with Crippen LogP contribution in [0.25, 0.3) is 0 Å². The number of anilines is 1. The summed E-state index contributed by atoms with van der Waals surface area (Å²) >= 11 is 0. The monoisotopic (exact) mass is 261 g/mol. The van der Waals surface area contributed by atoms with Crippen LogP contribution in [0.1, 0.15) is 13.3 Å². The van der Waals surface area contributed by atoms with Gasteiger partial charge in [0.05, 0.1) is 6.54 Å². The van der Waals surface area contributed by atoms with E-state index >= 15 is 0 Å². The van der Waals surface area contributed by atoms with Crippen molar-refractivity contribution in [1.82, 2.24) is 9.80 Å². The Labute approximate surface area is 115 Å². The number of hydrogen-bond acceptors (Lipinski definition) is 3. The number of carbonyl (C=O) groups is 1. The van der Waals surface area contributed by atoms with Crippen LogP contribution < -0.4 is 5.32 Å². The van der Waals surface area contributed by atoms with Crippen molar-refractivity contribution in [2.75, 3.05) is 44.6 Å². The van der Waals surface area contributed by atoms with Crippen molar-refractivity contribution in [2.24, 2.45) is 0 Å². The van der Waals surface area contributed by atoms with Crippen LogP contribution in [0.5, 0.6) is 0 Å².